The van der Waals surface area contributed by atoms with Crippen molar-refractivity contribution in [2.75, 3.05) is 51.5 Å². The van der Waals surface area contributed by atoms with Crippen molar-refractivity contribution in [3.63, 3.8) is 0 Å². The van der Waals surface area contributed by atoms with Gasteiger partial charge in [-0.25, -0.2) is 20.0 Å². The number of para-hydroxylation sites is 2. The van der Waals surface area contributed by atoms with E-state index in [1.165, 1.54) is 0 Å². The van der Waals surface area contributed by atoms with Gasteiger partial charge in [-0.2, -0.15) is 0 Å². The number of aliphatic imine (C=N–C) groups is 1. The molecule has 6 rings (SSSR count). The number of nitrogens with zero attached hydrogens (tertiary/aromatic N) is 8. The Bertz CT molecular complexity index is 1080. The maximum atomic E-state index is 5.00. The van der Waals surface area contributed by atoms with E-state index in [9.17, 15) is 0 Å². The van der Waals surface area contributed by atoms with Crippen molar-refractivity contribution in [3.05, 3.63) is 54.4 Å². The largest absolute Gasteiger partial charge is 0.331 e. The fourth-order valence-corrected chi connectivity index (χ4v) is 4.48. The van der Waals surface area contributed by atoms with Crippen LogP contribution in [-0.4, -0.2) is 82.0 Å². The van der Waals surface area contributed by atoms with Crippen molar-refractivity contribution in [2.45, 2.75) is 6.17 Å². The van der Waals surface area contributed by atoms with Gasteiger partial charge in [-0.15, -0.1) is 0 Å². The summed E-state index contributed by atoms with van der Waals surface area (Å²) in [6.45, 7) is 5.59. The summed E-state index contributed by atoms with van der Waals surface area (Å²) in [5.74, 6) is 1.79. The van der Waals surface area contributed by atoms with E-state index in [0.717, 1.165) is 61.4 Å². The minimum atomic E-state index is -0.0914. The van der Waals surface area contributed by atoms with E-state index in [1.54, 1.807) is 6.20 Å². The van der Waals surface area contributed by atoms with Crippen LogP contribution in [0.2, 0.25) is 0 Å². The Morgan fingerprint density at radius 3 is 2.70 bits per heavy atom. The van der Waals surface area contributed by atoms with Crippen LogP contribution >= 0.6 is 0 Å². The molecule has 9 nitrogen and oxygen atoms in total. The zero-order valence-electron chi connectivity index (χ0n) is 17.0. The number of hydrogen-bond donors (Lipinski definition) is 1. The summed E-state index contributed by atoms with van der Waals surface area (Å²) in [5, 5.41) is 8.38. The molecule has 2 aromatic heterocycles. The van der Waals surface area contributed by atoms with Gasteiger partial charge in [-0.1, -0.05) is 18.2 Å². The number of piperazine rings is 1. The SMILES string of the molecule is CN1CCN(N2CN=C3N[C@@H](c4cccnc4)n4c(nc5ccccc54)N3C2)CC1. The van der Waals surface area contributed by atoms with Crippen molar-refractivity contribution in [1.82, 2.24) is 34.8 Å². The van der Waals surface area contributed by atoms with Crippen LogP contribution in [0.1, 0.15) is 11.7 Å². The lowest BCUT2D eigenvalue weighted by atomic mass is 10.2. The number of likely N-dealkylation sites (N-methyl/N-ethyl adjacent to an activating group) is 1. The van der Waals surface area contributed by atoms with Crippen LogP contribution in [0, 0.1) is 0 Å². The van der Waals surface area contributed by atoms with Gasteiger partial charge in [0.15, 0.2) is 0 Å². The summed E-state index contributed by atoms with van der Waals surface area (Å²) in [5.41, 5.74) is 3.18. The minimum absolute atomic E-state index is 0.0914. The van der Waals surface area contributed by atoms with Crippen LogP contribution in [0.25, 0.3) is 11.0 Å². The second-order valence-corrected chi connectivity index (χ2v) is 8.06. The Hall–Kier alpha value is -3.01. The van der Waals surface area contributed by atoms with E-state index in [4.69, 9.17) is 9.98 Å². The molecule has 5 heterocycles. The van der Waals surface area contributed by atoms with Gasteiger partial charge in [0, 0.05) is 44.1 Å². The van der Waals surface area contributed by atoms with Crippen molar-refractivity contribution in [3.8, 4) is 0 Å². The van der Waals surface area contributed by atoms with Gasteiger partial charge < -0.3 is 10.2 Å². The Labute approximate surface area is 175 Å². The summed E-state index contributed by atoms with van der Waals surface area (Å²) < 4.78 is 2.26. The smallest absolute Gasteiger partial charge is 0.216 e. The summed E-state index contributed by atoms with van der Waals surface area (Å²) in [7, 11) is 2.18. The summed E-state index contributed by atoms with van der Waals surface area (Å²) in [6, 6.07) is 12.4. The molecule has 0 radical (unpaired) electrons. The Morgan fingerprint density at radius 2 is 1.87 bits per heavy atom. The van der Waals surface area contributed by atoms with Crippen molar-refractivity contribution in [1.29, 1.82) is 0 Å². The maximum absolute atomic E-state index is 5.00. The Kier molecular flexibility index (Phi) is 4.19. The van der Waals surface area contributed by atoms with Crippen LogP contribution < -0.4 is 10.2 Å². The number of anilines is 1. The van der Waals surface area contributed by atoms with Crippen molar-refractivity contribution >= 4 is 22.9 Å². The lowest BCUT2D eigenvalue weighted by molar-refractivity contribution is -0.0528. The topological polar surface area (TPSA) is 68.1 Å². The molecule has 1 fully saturated rings. The van der Waals surface area contributed by atoms with E-state index in [-0.39, 0.29) is 6.17 Å². The number of aromatic nitrogens is 3. The average molecular weight is 403 g/mol. The van der Waals surface area contributed by atoms with Gasteiger partial charge in [-0.05, 0) is 25.2 Å². The lowest BCUT2D eigenvalue weighted by Gasteiger charge is -2.46. The van der Waals surface area contributed by atoms with Crippen LogP contribution in [-0.2, 0) is 0 Å². The Balaban J connectivity index is 1.41. The predicted octanol–water partition coefficient (Wildman–Crippen LogP) is 1.14. The van der Waals surface area contributed by atoms with Crippen LogP contribution in [0.15, 0.2) is 53.8 Å². The molecule has 3 aromatic rings. The average Bonchev–Trinajstić information content (AvgIpc) is 3.19. The monoisotopic (exact) mass is 403 g/mol. The zero-order valence-corrected chi connectivity index (χ0v) is 17.0. The second kappa shape index (κ2) is 7.05. The van der Waals surface area contributed by atoms with Gasteiger partial charge in [0.1, 0.15) is 12.8 Å². The highest BCUT2D eigenvalue weighted by Gasteiger charge is 2.37. The van der Waals surface area contributed by atoms with Gasteiger partial charge in [0.05, 0.1) is 17.7 Å². The molecule has 1 atom stereocenters. The van der Waals surface area contributed by atoms with E-state index < -0.39 is 0 Å². The first-order valence-corrected chi connectivity index (χ1v) is 10.4. The highest BCUT2D eigenvalue weighted by molar-refractivity contribution is 5.98. The van der Waals surface area contributed by atoms with E-state index >= 15 is 0 Å². The summed E-state index contributed by atoms with van der Waals surface area (Å²) in [4.78, 5) is 18.8. The number of rotatable bonds is 2. The molecule has 3 aliphatic heterocycles. The van der Waals surface area contributed by atoms with Crippen LogP contribution in [0.5, 0.6) is 0 Å². The highest BCUT2D eigenvalue weighted by atomic mass is 15.7. The molecule has 1 saturated heterocycles. The predicted molar refractivity (Wildman–Crippen MR) is 116 cm³/mol. The van der Waals surface area contributed by atoms with Crippen LogP contribution in [0.4, 0.5) is 5.95 Å². The van der Waals surface area contributed by atoms with Gasteiger partial charge in [0.25, 0.3) is 0 Å². The number of benzene rings is 1. The van der Waals surface area contributed by atoms with E-state index in [2.05, 4.69) is 66.0 Å². The third-order valence-electron chi connectivity index (χ3n) is 6.17. The highest BCUT2D eigenvalue weighted by Crippen LogP contribution is 2.33. The molecule has 30 heavy (non-hydrogen) atoms. The third kappa shape index (κ3) is 2.85. The fraction of sp³-hybridized carbons (Fsp3) is 0.381. The first-order chi connectivity index (χ1) is 14.8. The molecule has 1 aromatic carbocycles. The zero-order chi connectivity index (χ0) is 20.1. The lowest BCUT2D eigenvalue weighted by Crippen LogP contribution is -2.62. The second-order valence-electron chi connectivity index (χ2n) is 8.06. The first kappa shape index (κ1) is 17.8. The molecule has 1 N–H and O–H groups in total. The number of hydrazine groups is 1. The number of fused-ring (bicyclic) bond motifs is 5. The molecule has 0 amide bonds. The molecule has 0 bridgehead atoms. The molecule has 3 aliphatic rings. The molecule has 9 heteroatoms. The van der Waals surface area contributed by atoms with Crippen molar-refractivity contribution in [2.24, 2.45) is 4.99 Å². The third-order valence-corrected chi connectivity index (χ3v) is 6.17. The number of nitrogens with one attached hydrogen (secondary N) is 1. The molecule has 0 unspecified atom stereocenters. The molecule has 0 spiro atoms. The molecular weight excluding hydrogens is 378 g/mol. The molecule has 154 valence electrons. The number of pyridine rings is 1. The van der Waals surface area contributed by atoms with E-state index in [0.29, 0.717) is 6.67 Å². The van der Waals surface area contributed by atoms with Gasteiger partial charge in [-0.3, -0.25) is 14.5 Å². The standard InChI is InChI=1S/C21H25N9/c1-26-9-11-27(12-10-26)28-14-23-20-25-19(16-5-4-8-22-13-16)30-18-7-3-2-6-17(18)24-21(30)29(20)15-28/h2-8,13,19H,9-12,14-15H2,1H3,(H,23,25)/t19-/m1/s1. The quantitative estimate of drug-likeness (QED) is 0.688. The van der Waals surface area contributed by atoms with E-state index in [1.807, 2.05) is 18.3 Å². The first-order valence-electron chi connectivity index (χ1n) is 10.4. The summed E-state index contributed by atoms with van der Waals surface area (Å²) >= 11 is 0. The molecule has 0 saturated carbocycles. The minimum Gasteiger partial charge on any atom is -0.331 e. The number of imidazole rings is 1. The van der Waals surface area contributed by atoms with Crippen molar-refractivity contribution < 1.29 is 0 Å². The number of hydrogen-bond acceptors (Lipinski definition) is 8. The fourth-order valence-electron chi connectivity index (χ4n) is 4.48. The van der Waals surface area contributed by atoms with Gasteiger partial charge >= 0.3 is 0 Å². The number of guanidine groups is 1. The van der Waals surface area contributed by atoms with Crippen LogP contribution in [0.3, 0.4) is 0 Å². The maximum Gasteiger partial charge on any atom is 0.216 e. The Morgan fingerprint density at radius 1 is 1.00 bits per heavy atom. The molecular formula is C21H25N9. The normalized spacial score (nSPS) is 23.0. The summed E-state index contributed by atoms with van der Waals surface area (Å²) in [6.07, 6.45) is 3.62. The van der Waals surface area contributed by atoms with Gasteiger partial charge in [0.2, 0.25) is 11.9 Å². The molecule has 0 aliphatic carbocycles.